The van der Waals surface area contributed by atoms with Crippen molar-refractivity contribution in [2.24, 2.45) is 17.8 Å². The summed E-state index contributed by atoms with van der Waals surface area (Å²) in [6.45, 7) is 19.6. The number of ether oxygens (including phenoxy) is 2. The van der Waals surface area contributed by atoms with Gasteiger partial charge in [-0.05, 0) is 256 Å². The number of rotatable bonds is 14. The molecule has 8 aliphatic carbocycles. The van der Waals surface area contributed by atoms with E-state index < -0.39 is 39.7 Å². The molecule has 16 aromatic rings. The second-order valence-electron chi connectivity index (χ2n) is 36.5. The Labute approximate surface area is 842 Å². The maximum atomic E-state index is 14.4. The van der Waals surface area contributed by atoms with Crippen LogP contribution in [0.4, 0.5) is 35.1 Å². The predicted molar refractivity (Wildman–Crippen MR) is 504 cm³/mol. The van der Waals surface area contributed by atoms with Crippen LogP contribution in [-0.2, 0) is 121 Å². The first kappa shape index (κ1) is 96.6. The van der Waals surface area contributed by atoms with Crippen LogP contribution in [0.5, 0.6) is 11.5 Å². The molecule has 0 amide bonds. The van der Waals surface area contributed by atoms with Crippen molar-refractivity contribution in [2.75, 3.05) is 13.2 Å². The normalized spacial score (nSPS) is 16.3. The summed E-state index contributed by atoms with van der Waals surface area (Å²) in [7, 11) is 0. The number of hydrogen-bond donors (Lipinski definition) is 0. The van der Waals surface area contributed by atoms with E-state index in [1.165, 1.54) is 121 Å². The third-order valence-electron chi connectivity index (χ3n) is 29.0. The van der Waals surface area contributed by atoms with E-state index in [2.05, 4.69) is 211 Å². The summed E-state index contributed by atoms with van der Waals surface area (Å²) < 4.78 is 124. The zero-order valence-electron chi connectivity index (χ0n) is 75.6. The van der Waals surface area contributed by atoms with Crippen LogP contribution < -0.4 is 9.47 Å². The smallest absolute Gasteiger partial charge is 0.416 e. The standard InChI is InChI=1S/C34H34NO2.C34H34N.C26H12F6N.C24H12F2N.4Ir/c1-5-22(3)20-36-24-13-15-26-27-16-14-25(37-21-23(4)6-2)19-32(27)34(31(26)18-24)29-11-8-7-10-28(29)33-30(34)12-9-17-35-33;1-5-10-23(4)25-15-17-27-26-16-14-24(19-22(3)6-2)20-31(26)34(32(27)21-25)29-12-8-7-11-28(29)33-30(34)13-9-18-35-33;27-25(28,29)14-7-9-16-17-10-8-15(26(30,31)32)13-22(17)24(21(16)12-14)19-5-2-1-4-18(19)23-20(24)6-3-11-33-23;25-14-7-9-16-17-10-8-15(26)13-22(17)24(21(16)12-14)19-5-2-1-4-18(19)23-20(24)6-3-11-27-23;;;;/h7-9,11-19,22-23H,5-6,20-21H2,1-4H3;7-9,12-18,20-23H,5-6,10,19H2,1-4H3;1-3,5-13H;1-3,5-13H;;;;/q4*-1;;;;. The van der Waals surface area contributed by atoms with Crippen LogP contribution in [0.25, 0.3) is 89.5 Å². The van der Waals surface area contributed by atoms with E-state index >= 15 is 0 Å². The Hall–Kier alpha value is -11.1. The second kappa shape index (κ2) is 37.7. The van der Waals surface area contributed by atoms with E-state index in [4.69, 9.17) is 19.4 Å². The van der Waals surface area contributed by atoms with Gasteiger partial charge in [0.2, 0.25) is 0 Å². The van der Waals surface area contributed by atoms with Gasteiger partial charge in [0.05, 0.1) is 24.3 Å². The summed E-state index contributed by atoms with van der Waals surface area (Å²) in [4.78, 5) is 18.8. The fraction of sp³-hybridized carbons (Fsp3) is 0.220. The van der Waals surface area contributed by atoms with Crippen LogP contribution in [0.15, 0.2) is 292 Å². The maximum absolute atomic E-state index is 14.4. The van der Waals surface area contributed by atoms with Crippen LogP contribution in [0.2, 0.25) is 0 Å². The molecule has 0 fully saturated rings. The van der Waals surface area contributed by atoms with Gasteiger partial charge in [-0.2, -0.15) is 26.3 Å². The van der Waals surface area contributed by atoms with Gasteiger partial charge in [0.25, 0.3) is 0 Å². The van der Waals surface area contributed by atoms with Gasteiger partial charge < -0.3 is 29.4 Å². The summed E-state index contributed by atoms with van der Waals surface area (Å²) in [5.41, 5.74) is 29.0. The molecule has 0 saturated carbocycles. The minimum Gasteiger partial charge on any atom is -0.493 e. The van der Waals surface area contributed by atoms with Crippen molar-refractivity contribution >= 4 is 0 Å². The summed E-state index contributed by atoms with van der Waals surface area (Å²) in [6.07, 6.45) is 4.82. The Bertz CT molecular complexity index is 6970. The van der Waals surface area contributed by atoms with Crippen molar-refractivity contribution in [1.29, 1.82) is 0 Å². The first-order valence-electron chi connectivity index (χ1n) is 45.8. The Morgan fingerprint density at radius 3 is 0.941 bits per heavy atom. The Kier molecular flexibility index (Phi) is 26.7. The molecule has 5 atom stereocenters. The zero-order valence-corrected chi connectivity index (χ0v) is 85.2. The third kappa shape index (κ3) is 15.1. The first-order valence-corrected chi connectivity index (χ1v) is 45.8. The van der Waals surface area contributed by atoms with Crippen LogP contribution in [-0.4, -0.2) is 33.1 Å². The number of benzene rings is 12. The fourth-order valence-electron chi connectivity index (χ4n) is 22.4. The number of aromatic nitrogens is 4. The second-order valence-corrected chi connectivity index (χ2v) is 36.5. The van der Waals surface area contributed by atoms with Crippen molar-refractivity contribution in [3.8, 4) is 101 Å². The monoisotopic (exact) mass is 2520 g/mol. The van der Waals surface area contributed by atoms with Gasteiger partial charge in [0, 0.05) is 127 Å². The summed E-state index contributed by atoms with van der Waals surface area (Å²) >= 11 is 0. The molecule has 8 aliphatic rings. The molecule has 0 bridgehead atoms. The number of hydrogen-bond acceptors (Lipinski definition) is 6. The predicted octanol–water partition coefficient (Wildman–Crippen LogP) is 29.5. The molecule has 0 aliphatic heterocycles. The van der Waals surface area contributed by atoms with E-state index in [1.807, 2.05) is 54.9 Å². The van der Waals surface area contributed by atoms with Gasteiger partial charge in [-0.1, -0.05) is 200 Å². The minimum absolute atomic E-state index is 0. The van der Waals surface area contributed by atoms with E-state index in [9.17, 15) is 35.1 Å². The van der Waals surface area contributed by atoms with E-state index in [1.54, 1.807) is 67.0 Å². The molecule has 18 heteroatoms. The van der Waals surface area contributed by atoms with E-state index in [0.29, 0.717) is 81.5 Å². The number of alkyl halides is 6. The van der Waals surface area contributed by atoms with Gasteiger partial charge >= 0.3 is 12.4 Å². The Balaban J connectivity index is 0.000000125. The van der Waals surface area contributed by atoms with Gasteiger partial charge in [0.1, 0.15) is 23.1 Å². The van der Waals surface area contributed by atoms with Crippen LogP contribution >= 0.6 is 0 Å². The average molecular weight is 2520 g/mol. The molecule has 24 rings (SSSR count). The van der Waals surface area contributed by atoms with Crippen molar-refractivity contribution in [1.82, 2.24) is 19.9 Å². The fourth-order valence-corrected chi connectivity index (χ4v) is 22.4. The van der Waals surface area contributed by atoms with Crippen molar-refractivity contribution in [3.63, 3.8) is 0 Å². The third-order valence-corrected chi connectivity index (χ3v) is 29.0. The van der Waals surface area contributed by atoms with Crippen molar-refractivity contribution in [2.45, 2.75) is 134 Å². The largest absolute Gasteiger partial charge is 0.493 e. The van der Waals surface area contributed by atoms with Gasteiger partial charge in [-0.25, -0.2) is 8.78 Å². The molecule has 12 aromatic carbocycles. The molecule has 5 unspecified atom stereocenters. The molecular weight excluding hydrogens is 2430 g/mol. The molecule has 6 nitrogen and oxygen atoms in total. The molecule has 136 heavy (non-hydrogen) atoms. The molecule has 4 aromatic heterocycles. The molecule has 4 heterocycles. The van der Waals surface area contributed by atoms with Crippen molar-refractivity contribution in [3.05, 3.63) is 439 Å². The number of nitrogens with zero attached hydrogens (tertiary/aromatic N) is 4. The van der Waals surface area contributed by atoms with E-state index in [0.717, 1.165) is 122 Å². The van der Waals surface area contributed by atoms with Crippen molar-refractivity contribution < 1.29 is 125 Å². The minimum atomic E-state index is -4.61. The van der Waals surface area contributed by atoms with Crippen LogP contribution in [0, 0.1) is 53.7 Å². The van der Waals surface area contributed by atoms with Gasteiger partial charge in [-0.15, -0.1) is 142 Å². The average Bonchev–Trinajstić information content (AvgIpc) is 1.52. The first-order chi connectivity index (χ1) is 64.0. The Morgan fingerprint density at radius 1 is 0.309 bits per heavy atom. The van der Waals surface area contributed by atoms with E-state index in [-0.39, 0.29) is 97.5 Å². The van der Waals surface area contributed by atoms with Crippen LogP contribution in [0.3, 0.4) is 0 Å². The number of halogens is 8. The quantitative estimate of drug-likeness (QED) is 0.0798. The molecular formula is C118H92F8Ir4N4O2-4. The number of pyridine rings is 4. The summed E-state index contributed by atoms with van der Waals surface area (Å²) in [5.74, 6) is 3.46. The zero-order chi connectivity index (χ0) is 91.1. The summed E-state index contributed by atoms with van der Waals surface area (Å²) in [5, 5.41) is 0. The van der Waals surface area contributed by atoms with Gasteiger partial charge in [0.15, 0.2) is 0 Å². The molecule has 4 spiro atoms. The molecule has 4 radical (unpaired) electrons. The molecule has 0 N–H and O–H groups in total. The molecule has 0 saturated heterocycles. The topological polar surface area (TPSA) is 70.0 Å². The van der Waals surface area contributed by atoms with Gasteiger partial charge in [-0.3, -0.25) is 0 Å². The number of fused-ring (bicyclic) bond motifs is 40. The SMILES string of the molecule is CCC(C)COc1ccc2c(c1)C1(c3ccc[c-]c3-c3ncccc31)c1cc(OCC(C)CC)ccc1-2.CCCC(C)c1ccc2c(c1)C1(c3ccc[c-]c3-c3ncccc31)c1cc(CC(C)CC)ccc1-2.FC(F)(F)c1ccc2c(c1)C1(c3ccc[c-]c3-c3ncccc31)c1cc(C(F)(F)F)ccc1-2.Fc1ccc2c(c1)C1(c3ccc[c-]c3-c3ncccc31)c1cc(F)ccc1-2.[Ir].[Ir].[Ir].[Ir]. The Morgan fingerprint density at radius 2 is 0.603 bits per heavy atom. The maximum Gasteiger partial charge on any atom is 0.416 e. The van der Waals surface area contributed by atoms with Crippen LogP contribution in [0.1, 0.15) is 205 Å². The summed E-state index contributed by atoms with van der Waals surface area (Å²) in [6, 6.07) is 97.3. The molecule has 692 valence electrons.